The van der Waals surface area contributed by atoms with Gasteiger partial charge in [-0.1, -0.05) is 0 Å². The number of amides is 1. The van der Waals surface area contributed by atoms with Crippen molar-refractivity contribution in [2.75, 3.05) is 13.7 Å². The molecule has 1 heterocycles. The highest BCUT2D eigenvalue weighted by molar-refractivity contribution is 5.84. The number of nitrogens with zero attached hydrogens (tertiary/aromatic N) is 1. The fourth-order valence-corrected chi connectivity index (χ4v) is 1.16. The van der Waals surface area contributed by atoms with Crippen molar-refractivity contribution < 1.29 is 19.4 Å². The first-order valence-corrected chi connectivity index (χ1v) is 3.72. The molecule has 0 spiro atoms. The number of methoxy groups -OCH3 is 1. The summed E-state index contributed by atoms with van der Waals surface area (Å²) in [6.45, 7) is 0.426. The Balaban J connectivity index is 2.57. The molecule has 0 radical (unpaired) electrons. The van der Waals surface area contributed by atoms with Crippen molar-refractivity contribution in [3.63, 3.8) is 0 Å². The van der Waals surface area contributed by atoms with Gasteiger partial charge in [-0.3, -0.25) is 4.79 Å². The summed E-state index contributed by atoms with van der Waals surface area (Å²) in [6, 6.07) is 0. The number of ether oxygens (including phenoxy) is 1. The number of carbonyl (C=O) groups excluding carboxylic acids is 2. The molecule has 1 unspecified atom stereocenters. The molecule has 1 amide bonds. The molecule has 1 atom stereocenters. The first-order valence-electron chi connectivity index (χ1n) is 3.72. The lowest BCUT2D eigenvalue weighted by Crippen LogP contribution is -2.42. The van der Waals surface area contributed by atoms with Crippen LogP contribution in [-0.2, 0) is 14.3 Å². The van der Waals surface area contributed by atoms with Crippen molar-refractivity contribution >= 4 is 11.9 Å². The molecule has 1 saturated heterocycles. The van der Waals surface area contributed by atoms with E-state index >= 15 is 0 Å². The normalized spacial score (nSPS) is 19.5. The van der Waals surface area contributed by atoms with Gasteiger partial charge in [0.1, 0.15) is 0 Å². The number of likely N-dealkylation sites (tertiary alicyclic amines) is 1. The van der Waals surface area contributed by atoms with Gasteiger partial charge in [0, 0.05) is 13.0 Å². The van der Waals surface area contributed by atoms with Crippen LogP contribution in [0.2, 0.25) is 0 Å². The van der Waals surface area contributed by atoms with E-state index in [1.807, 2.05) is 0 Å². The number of hydrogen-bond acceptors (Lipinski definition) is 4. The maximum absolute atomic E-state index is 11.0. The van der Waals surface area contributed by atoms with E-state index in [9.17, 15) is 14.7 Å². The SMILES string of the molecule is COC(=O)C(O)N1CCCC1=O. The van der Waals surface area contributed by atoms with Crippen molar-refractivity contribution in [2.45, 2.75) is 19.1 Å². The van der Waals surface area contributed by atoms with Gasteiger partial charge in [-0.15, -0.1) is 0 Å². The Hall–Kier alpha value is -1.10. The molecule has 68 valence electrons. The largest absolute Gasteiger partial charge is 0.466 e. The second-order valence-corrected chi connectivity index (χ2v) is 2.59. The number of rotatable bonds is 2. The van der Waals surface area contributed by atoms with Gasteiger partial charge in [0.2, 0.25) is 12.1 Å². The van der Waals surface area contributed by atoms with E-state index in [4.69, 9.17) is 0 Å². The van der Waals surface area contributed by atoms with Gasteiger partial charge < -0.3 is 14.7 Å². The van der Waals surface area contributed by atoms with Gasteiger partial charge in [0.15, 0.2) is 0 Å². The van der Waals surface area contributed by atoms with E-state index in [1.165, 1.54) is 7.11 Å². The Bertz CT molecular complexity index is 204. The van der Waals surface area contributed by atoms with Crippen LogP contribution in [0.5, 0.6) is 0 Å². The van der Waals surface area contributed by atoms with Crippen molar-refractivity contribution in [2.24, 2.45) is 0 Å². The number of aliphatic hydroxyl groups is 1. The summed E-state index contributed by atoms with van der Waals surface area (Å²) in [5, 5.41) is 9.22. The average molecular weight is 173 g/mol. The fraction of sp³-hybridized carbons (Fsp3) is 0.714. The maximum atomic E-state index is 11.0. The summed E-state index contributed by atoms with van der Waals surface area (Å²) in [4.78, 5) is 22.9. The Labute approximate surface area is 69.9 Å². The molecule has 0 aromatic carbocycles. The van der Waals surface area contributed by atoms with E-state index in [-0.39, 0.29) is 5.91 Å². The molecule has 0 aromatic rings. The lowest BCUT2D eigenvalue weighted by molar-refractivity contribution is -0.165. The summed E-state index contributed by atoms with van der Waals surface area (Å²) in [5.41, 5.74) is 0. The van der Waals surface area contributed by atoms with E-state index in [0.29, 0.717) is 19.4 Å². The molecule has 1 fully saturated rings. The zero-order valence-corrected chi connectivity index (χ0v) is 6.82. The zero-order chi connectivity index (χ0) is 9.14. The third kappa shape index (κ3) is 1.55. The van der Waals surface area contributed by atoms with Crippen LogP contribution < -0.4 is 0 Å². The minimum atomic E-state index is -1.43. The standard InChI is InChI=1S/C7H11NO4/c1-12-7(11)6(10)8-4-2-3-5(8)9/h6,10H,2-4H2,1H3. The summed E-state index contributed by atoms with van der Waals surface area (Å²) in [7, 11) is 1.17. The Morgan fingerprint density at radius 3 is 2.83 bits per heavy atom. The summed E-state index contributed by atoms with van der Waals surface area (Å²) in [5.74, 6) is -0.988. The summed E-state index contributed by atoms with van der Waals surface area (Å²) < 4.78 is 4.29. The van der Waals surface area contributed by atoms with Crippen LogP contribution in [0.3, 0.4) is 0 Å². The van der Waals surface area contributed by atoms with E-state index in [1.54, 1.807) is 0 Å². The minimum absolute atomic E-state index is 0.201. The quantitative estimate of drug-likeness (QED) is 0.549. The molecule has 0 saturated carbocycles. The molecule has 5 nitrogen and oxygen atoms in total. The second-order valence-electron chi connectivity index (χ2n) is 2.59. The van der Waals surface area contributed by atoms with E-state index < -0.39 is 12.2 Å². The third-order valence-electron chi connectivity index (χ3n) is 1.82. The van der Waals surface area contributed by atoms with Gasteiger partial charge >= 0.3 is 5.97 Å². The predicted molar refractivity (Wildman–Crippen MR) is 39.0 cm³/mol. The molecule has 0 aliphatic carbocycles. The zero-order valence-electron chi connectivity index (χ0n) is 6.82. The molecule has 0 aromatic heterocycles. The molecule has 1 aliphatic rings. The Morgan fingerprint density at radius 2 is 2.42 bits per heavy atom. The van der Waals surface area contributed by atoms with E-state index in [2.05, 4.69) is 4.74 Å². The van der Waals surface area contributed by atoms with Crippen molar-refractivity contribution in [1.82, 2.24) is 4.90 Å². The highest BCUT2D eigenvalue weighted by Crippen LogP contribution is 2.12. The third-order valence-corrected chi connectivity index (χ3v) is 1.82. The van der Waals surface area contributed by atoms with Crippen LogP contribution in [0, 0.1) is 0 Å². The predicted octanol–water partition coefficient (Wildman–Crippen LogP) is -0.900. The second kappa shape index (κ2) is 3.53. The molecular formula is C7H11NO4. The van der Waals surface area contributed by atoms with Crippen LogP contribution in [-0.4, -0.2) is 41.8 Å². The van der Waals surface area contributed by atoms with Gasteiger partial charge in [-0.25, -0.2) is 4.79 Å². The smallest absolute Gasteiger partial charge is 0.356 e. The fourth-order valence-electron chi connectivity index (χ4n) is 1.16. The lowest BCUT2D eigenvalue weighted by atomic mass is 10.4. The van der Waals surface area contributed by atoms with Gasteiger partial charge in [-0.2, -0.15) is 0 Å². The Morgan fingerprint density at radius 1 is 1.75 bits per heavy atom. The molecule has 12 heavy (non-hydrogen) atoms. The van der Waals surface area contributed by atoms with Crippen molar-refractivity contribution in [3.8, 4) is 0 Å². The first-order chi connectivity index (χ1) is 5.66. The lowest BCUT2D eigenvalue weighted by Gasteiger charge is -2.19. The van der Waals surface area contributed by atoms with Gasteiger partial charge in [0.05, 0.1) is 7.11 Å². The first kappa shape index (κ1) is 8.99. The summed E-state index contributed by atoms with van der Waals surface area (Å²) in [6.07, 6.45) is -0.342. The van der Waals surface area contributed by atoms with Crippen LogP contribution in [0.1, 0.15) is 12.8 Å². The molecule has 1 aliphatic heterocycles. The van der Waals surface area contributed by atoms with Crippen molar-refractivity contribution in [3.05, 3.63) is 0 Å². The Kier molecular flexibility index (Phi) is 2.65. The molecular weight excluding hydrogens is 162 g/mol. The highest BCUT2D eigenvalue weighted by Gasteiger charge is 2.31. The molecule has 1 rings (SSSR count). The minimum Gasteiger partial charge on any atom is -0.466 e. The van der Waals surface area contributed by atoms with Crippen LogP contribution in [0.15, 0.2) is 0 Å². The topological polar surface area (TPSA) is 66.8 Å². The molecule has 1 N–H and O–H groups in total. The molecule has 0 bridgehead atoms. The average Bonchev–Trinajstić information content (AvgIpc) is 2.48. The number of esters is 1. The number of carbonyl (C=O) groups is 2. The van der Waals surface area contributed by atoms with E-state index in [0.717, 1.165) is 4.90 Å². The number of hydrogen-bond donors (Lipinski definition) is 1. The van der Waals surface area contributed by atoms with Crippen LogP contribution >= 0.6 is 0 Å². The monoisotopic (exact) mass is 173 g/mol. The highest BCUT2D eigenvalue weighted by atomic mass is 16.5. The summed E-state index contributed by atoms with van der Waals surface area (Å²) >= 11 is 0. The van der Waals surface area contributed by atoms with Crippen LogP contribution in [0.25, 0.3) is 0 Å². The van der Waals surface area contributed by atoms with Gasteiger partial charge in [-0.05, 0) is 6.42 Å². The molecule has 5 heteroatoms. The number of aliphatic hydroxyl groups excluding tert-OH is 1. The van der Waals surface area contributed by atoms with Crippen molar-refractivity contribution in [1.29, 1.82) is 0 Å². The maximum Gasteiger partial charge on any atom is 0.356 e. The van der Waals surface area contributed by atoms with Gasteiger partial charge in [0.25, 0.3) is 0 Å². The van der Waals surface area contributed by atoms with Crippen LogP contribution in [0.4, 0.5) is 0 Å².